The average molecular weight is 247 g/mol. The van der Waals surface area contributed by atoms with Crippen LogP contribution in [0, 0.1) is 19.7 Å². The van der Waals surface area contributed by atoms with Gasteiger partial charge < -0.3 is 10.2 Å². The van der Waals surface area contributed by atoms with Gasteiger partial charge in [-0.3, -0.25) is 0 Å². The molecule has 1 aromatic heterocycles. The largest absolute Gasteiger partial charge is 0.469 e. The molecule has 1 unspecified atom stereocenters. The topological polar surface area (TPSA) is 39.2 Å². The van der Waals surface area contributed by atoms with Crippen LogP contribution in [0.2, 0.25) is 0 Å². The van der Waals surface area contributed by atoms with Gasteiger partial charge in [0.15, 0.2) is 0 Å². The van der Waals surface area contributed by atoms with Crippen molar-refractivity contribution in [1.29, 1.82) is 0 Å². The van der Waals surface area contributed by atoms with Crippen LogP contribution in [0.25, 0.3) is 0 Å². The Morgan fingerprint density at radius 1 is 1.33 bits per heavy atom. The normalized spacial score (nSPS) is 12.7. The zero-order valence-corrected chi connectivity index (χ0v) is 10.7. The summed E-state index contributed by atoms with van der Waals surface area (Å²) in [5.41, 5.74) is 8.54. The van der Waals surface area contributed by atoms with Crippen molar-refractivity contribution in [3.63, 3.8) is 0 Å². The Kier molecular flexibility index (Phi) is 3.82. The SMILES string of the molecule is Cc1cc(C)c(C(N)CCc2ccco2)c(F)c1. The molecule has 1 aromatic carbocycles. The van der Waals surface area contributed by atoms with Crippen molar-refractivity contribution < 1.29 is 8.81 Å². The van der Waals surface area contributed by atoms with Crippen molar-refractivity contribution >= 4 is 0 Å². The highest BCUT2D eigenvalue weighted by molar-refractivity contribution is 5.34. The molecular weight excluding hydrogens is 229 g/mol. The fourth-order valence-corrected chi connectivity index (χ4v) is 2.29. The zero-order valence-electron chi connectivity index (χ0n) is 10.7. The number of aryl methyl sites for hydroxylation is 3. The molecule has 0 aliphatic heterocycles. The van der Waals surface area contributed by atoms with Gasteiger partial charge >= 0.3 is 0 Å². The maximum absolute atomic E-state index is 13.9. The summed E-state index contributed by atoms with van der Waals surface area (Å²) in [5.74, 6) is 0.676. The summed E-state index contributed by atoms with van der Waals surface area (Å²) in [6.07, 6.45) is 3.04. The van der Waals surface area contributed by atoms with E-state index in [9.17, 15) is 4.39 Å². The molecule has 18 heavy (non-hydrogen) atoms. The van der Waals surface area contributed by atoms with Crippen LogP contribution in [0.15, 0.2) is 34.9 Å². The van der Waals surface area contributed by atoms with E-state index in [1.165, 1.54) is 6.07 Å². The maximum Gasteiger partial charge on any atom is 0.128 e. The van der Waals surface area contributed by atoms with Crippen LogP contribution in [0.3, 0.4) is 0 Å². The first-order chi connectivity index (χ1) is 8.58. The van der Waals surface area contributed by atoms with Gasteiger partial charge in [-0.15, -0.1) is 0 Å². The molecule has 1 atom stereocenters. The minimum Gasteiger partial charge on any atom is -0.469 e. The van der Waals surface area contributed by atoms with Gasteiger partial charge in [0.2, 0.25) is 0 Å². The van der Waals surface area contributed by atoms with E-state index in [1.54, 1.807) is 6.26 Å². The van der Waals surface area contributed by atoms with Crippen LogP contribution < -0.4 is 5.73 Å². The van der Waals surface area contributed by atoms with Crippen molar-refractivity contribution in [2.24, 2.45) is 5.73 Å². The van der Waals surface area contributed by atoms with Crippen LogP contribution in [-0.4, -0.2) is 0 Å². The van der Waals surface area contributed by atoms with Crippen LogP contribution in [-0.2, 0) is 6.42 Å². The summed E-state index contributed by atoms with van der Waals surface area (Å²) in [4.78, 5) is 0. The standard InChI is InChI=1S/C15H18FNO/c1-10-8-11(2)15(13(16)9-10)14(17)6-5-12-4-3-7-18-12/h3-4,7-9,14H,5-6,17H2,1-2H3. The third-order valence-corrected chi connectivity index (χ3v) is 3.13. The van der Waals surface area contributed by atoms with E-state index >= 15 is 0 Å². The van der Waals surface area contributed by atoms with Gasteiger partial charge in [0.25, 0.3) is 0 Å². The molecule has 0 amide bonds. The smallest absolute Gasteiger partial charge is 0.128 e. The Hall–Kier alpha value is -1.61. The lowest BCUT2D eigenvalue weighted by atomic mass is 9.95. The summed E-state index contributed by atoms with van der Waals surface area (Å²) >= 11 is 0. The highest BCUT2D eigenvalue weighted by Gasteiger charge is 2.15. The van der Waals surface area contributed by atoms with Crippen LogP contribution in [0.4, 0.5) is 4.39 Å². The Labute approximate surface area is 107 Å². The van der Waals surface area contributed by atoms with Crippen molar-refractivity contribution in [3.05, 3.63) is 58.8 Å². The van der Waals surface area contributed by atoms with Gasteiger partial charge in [0.05, 0.1) is 6.26 Å². The molecule has 0 fully saturated rings. The van der Waals surface area contributed by atoms with Crippen molar-refractivity contribution in [2.75, 3.05) is 0 Å². The Morgan fingerprint density at radius 3 is 2.72 bits per heavy atom. The molecule has 2 aromatic rings. The molecule has 1 heterocycles. The molecule has 2 N–H and O–H groups in total. The molecule has 2 rings (SSSR count). The predicted octanol–water partition coefficient (Wildman–Crippen LogP) is 3.67. The Balaban J connectivity index is 2.11. The quantitative estimate of drug-likeness (QED) is 0.895. The molecular formula is C15H18FNO. The molecule has 96 valence electrons. The van der Waals surface area contributed by atoms with E-state index in [1.807, 2.05) is 32.0 Å². The number of furan rings is 1. The van der Waals surface area contributed by atoms with Gasteiger partial charge in [-0.25, -0.2) is 4.39 Å². The summed E-state index contributed by atoms with van der Waals surface area (Å²) < 4.78 is 19.2. The second-order valence-electron chi connectivity index (χ2n) is 4.70. The number of hydrogen-bond acceptors (Lipinski definition) is 2. The van der Waals surface area contributed by atoms with Gasteiger partial charge in [-0.2, -0.15) is 0 Å². The Morgan fingerprint density at radius 2 is 2.11 bits per heavy atom. The lowest BCUT2D eigenvalue weighted by Crippen LogP contribution is -2.15. The Bertz CT molecular complexity index is 496. The minimum atomic E-state index is -0.296. The lowest BCUT2D eigenvalue weighted by Gasteiger charge is -2.16. The highest BCUT2D eigenvalue weighted by atomic mass is 19.1. The first-order valence-electron chi connectivity index (χ1n) is 6.12. The zero-order chi connectivity index (χ0) is 13.1. The number of nitrogens with two attached hydrogens (primary N) is 1. The summed E-state index contributed by atoms with van der Waals surface area (Å²) in [7, 11) is 0. The minimum absolute atomic E-state index is 0.209. The van der Waals surface area contributed by atoms with Crippen LogP contribution >= 0.6 is 0 Å². The third kappa shape index (κ3) is 2.79. The fourth-order valence-electron chi connectivity index (χ4n) is 2.29. The molecule has 0 spiro atoms. The van der Waals surface area contributed by atoms with Gasteiger partial charge in [-0.1, -0.05) is 6.07 Å². The van der Waals surface area contributed by atoms with Gasteiger partial charge in [-0.05, 0) is 49.6 Å². The van der Waals surface area contributed by atoms with Gasteiger partial charge in [0.1, 0.15) is 11.6 Å². The molecule has 0 aliphatic rings. The lowest BCUT2D eigenvalue weighted by molar-refractivity contribution is 0.482. The van der Waals surface area contributed by atoms with Crippen molar-refractivity contribution in [3.8, 4) is 0 Å². The van der Waals surface area contributed by atoms with E-state index in [2.05, 4.69) is 0 Å². The maximum atomic E-state index is 13.9. The first-order valence-corrected chi connectivity index (χ1v) is 6.12. The fraction of sp³-hybridized carbons (Fsp3) is 0.333. The van der Waals surface area contributed by atoms with E-state index in [0.717, 1.165) is 23.3 Å². The molecule has 3 heteroatoms. The van der Waals surface area contributed by atoms with E-state index < -0.39 is 0 Å². The third-order valence-electron chi connectivity index (χ3n) is 3.13. The number of benzene rings is 1. The molecule has 0 radical (unpaired) electrons. The predicted molar refractivity (Wildman–Crippen MR) is 69.8 cm³/mol. The van der Waals surface area contributed by atoms with E-state index in [-0.39, 0.29) is 11.9 Å². The molecule has 0 saturated heterocycles. The second kappa shape index (κ2) is 5.36. The van der Waals surface area contributed by atoms with Gasteiger partial charge in [0, 0.05) is 18.0 Å². The van der Waals surface area contributed by atoms with Crippen LogP contribution in [0.5, 0.6) is 0 Å². The number of rotatable bonds is 4. The molecule has 0 bridgehead atoms. The first kappa shape index (κ1) is 12.8. The summed E-state index contributed by atoms with van der Waals surface area (Å²) in [6, 6.07) is 6.96. The molecule has 2 nitrogen and oxygen atoms in total. The van der Waals surface area contributed by atoms with Crippen LogP contribution in [0.1, 0.15) is 34.9 Å². The monoisotopic (exact) mass is 247 g/mol. The number of hydrogen-bond donors (Lipinski definition) is 1. The summed E-state index contributed by atoms with van der Waals surface area (Å²) in [6.45, 7) is 3.78. The second-order valence-corrected chi connectivity index (χ2v) is 4.70. The van der Waals surface area contributed by atoms with E-state index in [4.69, 9.17) is 10.2 Å². The molecule has 0 aliphatic carbocycles. The summed E-state index contributed by atoms with van der Waals surface area (Å²) in [5, 5.41) is 0. The highest BCUT2D eigenvalue weighted by Crippen LogP contribution is 2.24. The molecule has 0 saturated carbocycles. The van der Waals surface area contributed by atoms with Crippen molar-refractivity contribution in [2.45, 2.75) is 32.7 Å². The van der Waals surface area contributed by atoms with E-state index in [0.29, 0.717) is 12.0 Å². The number of halogens is 1. The average Bonchev–Trinajstić information content (AvgIpc) is 2.77. The van der Waals surface area contributed by atoms with Crippen molar-refractivity contribution in [1.82, 2.24) is 0 Å².